The van der Waals surface area contributed by atoms with Gasteiger partial charge in [-0.25, -0.2) is 0 Å². The molecule has 108 valence electrons. The summed E-state index contributed by atoms with van der Waals surface area (Å²) in [6.45, 7) is 0. The second kappa shape index (κ2) is 6.02. The van der Waals surface area contributed by atoms with Crippen LogP contribution in [0.15, 0.2) is 32.5 Å². The largest absolute Gasteiger partial charge is 0.326 e. The maximum atomic E-state index is 12.5. The molecule has 0 spiro atoms. The van der Waals surface area contributed by atoms with Crippen LogP contribution in [-0.2, 0) is 11.2 Å². The molecule has 0 radical (unpaired) electrons. The molecule has 2 heterocycles. The van der Waals surface area contributed by atoms with E-state index < -0.39 is 0 Å². The molecule has 0 atom stereocenters. The highest BCUT2D eigenvalue weighted by Crippen LogP contribution is 2.34. The van der Waals surface area contributed by atoms with E-state index in [0.717, 1.165) is 32.4 Å². The Bertz CT molecular complexity index is 720. The maximum Gasteiger partial charge on any atom is 0.224 e. The van der Waals surface area contributed by atoms with Crippen LogP contribution >= 0.6 is 43.2 Å². The van der Waals surface area contributed by atoms with Crippen molar-refractivity contribution in [3.05, 3.63) is 48.5 Å². The highest BCUT2D eigenvalue weighted by Gasteiger charge is 2.18. The standard InChI is InChI=1S/C15H11Br2NO2S/c16-10-7-12(21-15(10)17)14(20)9-4-5-11-8(6-9)2-1-3-13(19)18-11/h4-7H,1-3H2,(H,18,19). The number of halogens is 2. The number of hydrogen-bond donors (Lipinski definition) is 1. The number of anilines is 1. The Labute approximate surface area is 143 Å². The summed E-state index contributed by atoms with van der Waals surface area (Å²) in [5.41, 5.74) is 2.51. The van der Waals surface area contributed by atoms with Crippen LogP contribution in [0.3, 0.4) is 0 Å². The number of thiophene rings is 1. The first-order valence-corrected chi connectivity index (χ1v) is 8.87. The molecule has 0 bridgehead atoms. The van der Waals surface area contributed by atoms with Crippen molar-refractivity contribution in [2.45, 2.75) is 19.3 Å². The summed E-state index contributed by atoms with van der Waals surface area (Å²) in [7, 11) is 0. The van der Waals surface area contributed by atoms with E-state index in [1.54, 1.807) is 6.07 Å². The minimum atomic E-state index is 0.00442. The summed E-state index contributed by atoms with van der Waals surface area (Å²) < 4.78 is 1.80. The normalized spacial score (nSPS) is 14.3. The van der Waals surface area contributed by atoms with Crippen LogP contribution in [0, 0.1) is 0 Å². The first kappa shape index (κ1) is 14.9. The first-order valence-electron chi connectivity index (χ1n) is 6.47. The van der Waals surface area contributed by atoms with Crippen LogP contribution in [-0.4, -0.2) is 11.7 Å². The highest BCUT2D eigenvalue weighted by atomic mass is 79.9. The van der Waals surface area contributed by atoms with Gasteiger partial charge in [0.25, 0.3) is 0 Å². The van der Waals surface area contributed by atoms with E-state index in [1.165, 1.54) is 11.3 Å². The number of fused-ring (bicyclic) bond motifs is 1. The molecule has 1 N–H and O–H groups in total. The van der Waals surface area contributed by atoms with E-state index in [1.807, 2.05) is 18.2 Å². The van der Waals surface area contributed by atoms with E-state index >= 15 is 0 Å². The summed E-state index contributed by atoms with van der Waals surface area (Å²) in [6.07, 6.45) is 2.16. The lowest BCUT2D eigenvalue weighted by Gasteiger charge is -2.08. The van der Waals surface area contributed by atoms with Crippen molar-refractivity contribution in [3.8, 4) is 0 Å². The van der Waals surface area contributed by atoms with E-state index in [9.17, 15) is 9.59 Å². The van der Waals surface area contributed by atoms with Gasteiger partial charge in [-0.05, 0) is 74.5 Å². The van der Waals surface area contributed by atoms with Crippen molar-refractivity contribution < 1.29 is 9.59 Å². The van der Waals surface area contributed by atoms with Crippen LogP contribution in [0.5, 0.6) is 0 Å². The molecule has 6 heteroatoms. The second-order valence-electron chi connectivity index (χ2n) is 4.84. The maximum absolute atomic E-state index is 12.5. The highest BCUT2D eigenvalue weighted by molar-refractivity contribution is 9.13. The Morgan fingerprint density at radius 3 is 2.71 bits per heavy atom. The van der Waals surface area contributed by atoms with Crippen LogP contribution in [0.2, 0.25) is 0 Å². The van der Waals surface area contributed by atoms with Crippen molar-refractivity contribution >= 4 is 60.6 Å². The third-order valence-corrected chi connectivity index (χ3v) is 6.62. The van der Waals surface area contributed by atoms with Gasteiger partial charge in [0.1, 0.15) is 0 Å². The van der Waals surface area contributed by atoms with Crippen molar-refractivity contribution in [2.75, 3.05) is 5.32 Å². The van der Waals surface area contributed by atoms with Crippen LogP contribution < -0.4 is 5.32 Å². The lowest BCUT2D eigenvalue weighted by atomic mass is 10.0. The average molecular weight is 429 g/mol. The second-order valence-corrected chi connectivity index (χ2v) is 8.06. The zero-order chi connectivity index (χ0) is 15.0. The SMILES string of the molecule is O=C1CCCc2cc(C(=O)c3cc(Br)c(Br)s3)ccc2N1. The molecule has 0 saturated carbocycles. The Morgan fingerprint density at radius 2 is 2.00 bits per heavy atom. The van der Waals surface area contributed by atoms with Crippen molar-refractivity contribution in [2.24, 2.45) is 0 Å². The quantitative estimate of drug-likeness (QED) is 0.699. The molecule has 21 heavy (non-hydrogen) atoms. The van der Waals surface area contributed by atoms with E-state index in [-0.39, 0.29) is 11.7 Å². The summed E-state index contributed by atoms with van der Waals surface area (Å²) in [6, 6.07) is 7.31. The smallest absolute Gasteiger partial charge is 0.224 e. The number of hydrogen-bond acceptors (Lipinski definition) is 3. The van der Waals surface area contributed by atoms with Gasteiger partial charge in [-0.2, -0.15) is 0 Å². The van der Waals surface area contributed by atoms with Crippen LogP contribution in [0.1, 0.15) is 33.6 Å². The van der Waals surface area contributed by atoms with Gasteiger partial charge in [-0.3, -0.25) is 9.59 Å². The van der Waals surface area contributed by atoms with Gasteiger partial charge in [0.15, 0.2) is 0 Å². The van der Waals surface area contributed by atoms with Gasteiger partial charge >= 0.3 is 0 Å². The van der Waals surface area contributed by atoms with Crippen molar-refractivity contribution in [1.82, 2.24) is 0 Å². The molecule has 3 rings (SSSR count). The number of carbonyl (C=O) groups excluding carboxylic acids is 2. The lowest BCUT2D eigenvalue weighted by molar-refractivity contribution is -0.116. The molecule has 0 aliphatic carbocycles. The molecule has 1 aromatic heterocycles. The Morgan fingerprint density at radius 1 is 1.19 bits per heavy atom. The fraction of sp³-hybridized carbons (Fsp3) is 0.200. The summed E-state index contributed by atoms with van der Waals surface area (Å²) in [5.74, 6) is 0.0451. The molecule has 0 saturated heterocycles. The number of rotatable bonds is 2. The number of carbonyl (C=O) groups is 2. The Hall–Kier alpha value is -0.980. The topological polar surface area (TPSA) is 46.2 Å². The van der Waals surface area contributed by atoms with Gasteiger partial charge in [0, 0.05) is 22.1 Å². The van der Waals surface area contributed by atoms with Gasteiger partial charge in [-0.15, -0.1) is 11.3 Å². The predicted molar refractivity (Wildman–Crippen MR) is 91.2 cm³/mol. The Kier molecular flexibility index (Phi) is 4.28. The van der Waals surface area contributed by atoms with Gasteiger partial charge in [-0.1, -0.05) is 0 Å². The van der Waals surface area contributed by atoms with E-state index in [2.05, 4.69) is 37.2 Å². The van der Waals surface area contributed by atoms with Crippen molar-refractivity contribution in [3.63, 3.8) is 0 Å². The average Bonchev–Trinajstić information content (AvgIpc) is 2.68. The predicted octanol–water partition coefficient (Wildman–Crippen LogP) is 4.78. The lowest BCUT2D eigenvalue weighted by Crippen LogP contribution is -2.09. The van der Waals surface area contributed by atoms with Crippen molar-refractivity contribution in [1.29, 1.82) is 0 Å². The minimum absolute atomic E-state index is 0.00442. The number of ketones is 1. The molecule has 0 unspecified atom stereocenters. The monoisotopic (exact) mass is 427 g/mol. The van der Waals surface area contributed by atoms with Gasteiger partial charge in [0.05, 0.1) is 8.66 Å². The molecule has 1 aliphatic rings. The van der Waals surface area contributed by atoms with E-state index in [0.29, 0.717) is 16.9 Å². The molecule has 0 fully saturated rings. The minimum Gasteiger partial charge on any atom is -0.326 e. The molecule has 2 aromatic rings. The van der Waals surface area contributed by atoms with Gasteiger partial charge in [0.2, 0.25) is 11.7 Å². The summed E-state index contributed by atoms with van der Waals surface area (Å²) in [5, 5.41) is 2.88. The third kappa shape index (κ3) is 3.12. The zero-order valence-electron chi connectivity index (χ0n) is 10.9. The fourth-order valence-electron chi connectivity index (χ4n) is 2.32. The molecular formula is C15H11Br2NO2S. The Balaban J connectivity index is 1.94. The van der Waals surface area contributed by atoms with E-state index in [4.69, 9.17) is 0 Å². The van der Waals surface area contributed by atoms with Crippen LogP contribution in [0.25, 0.3) is 0 Å². The fourth-order valence-corrected chi connectivity index (χ4v) is 4.31. The van der Waals surface area contributed by atoms with Crippen LogP contribution in [0.4, 0.5) is 5.69 Å². The molecule has 3 nitrogen and oxygen atoms in total. The number of nitrogens with one attached hydrogen (secondary N) is 1. The number of benzene rings is 1. The zero-order valence-corrected chi connectivity index (χ0v) is 14.9. The molecular weight excluding hydrogens is 418 g/mol. The third-order valence-electron chi connectivity index (χ3n) is 3.36. The molecule has 1 aromatic carbocycles. The number of aryl methyl sites for hydroxylation is 1. The first-order chi connectivity index (χ1) is 10.0. The van der Waals surface area contributed by atoms with Gasteiger partial charge < -0.3 is 5.32 Å². The summed E-state index contributed by atoms with van der Waals surface area (Å²) >= 11 is 8.21. The number of amides is 1. The molecule has 1 amide bonds. The summed E-state index contributed by atoms with van der Waals surface area (Å²) in [4.78, 5) is 24.8. The molecule has 1 aliphatic heterocycles.